The van der Waals surface area contributed by atoms with E-state index in [4.69, 9.17) is 5.10 Å². The molecule has 160 valence electrons. The summed E-state index contributed by atoms with van der Waals surface area (Å²) in [5.41, 5.74) is 5.76. The van der Waals surface area contributed by atoms with Crippen LogP contribution in [0.25, 0.3) is 0 Å². The van der Waals surface area contributed by atoms with Crippen LogP contribution in [0, 0.1) is 13.8 Å². The Morgan fingerprint density at radius 2 is 1.80 bits per heavy atom. The topological polar surface area (TPSA) is 44.1 Å². The summed E-state index contributed by atoms with van der Waals surface area (Å²) in [7, 11) is 2.04. The number of hydrogen-bond acceptors (Lipinski definition) is 4. The molecular weight excluding hydrogens is 374 g/mol. The van der Waals surface area contributed by atoms with Crippen molar-refractivity contribution >= 4 is 11.6 Å². The molecule has 4 rings (SSSR count). The molecule has 0 saturated carbocycles. The first-order valence-corrected chi connectivity index (χ1v) is 11.0. The molecule has 1 amide bonds. The van der Waals surface area contributed by atoms with E-state index >= 15 is 0 Å². The number of carbonyl (C=O) groups is 1. The molecule has 1 aromatic carbocycles. The first kappa shape index (κ1) is 20.8. The number of amides is 1. The van der Waals surface area contributed by atoms with Crippen LogP contribution >= 0.6 is 0 Å². The highest BCUT2D eigenvalue weighted by molar-refractivity contribution is 6.03. The van der Waals surface area contributed by atoms with Gasteiger partial charge in [0.25, 0.3) is 5.91 Å². The lowest BCUT2D eigenvalue weighted by Gasteiger charge is -2.34. The zero-order chi connectivity index (χ0) is 21.3. The first-order valence-electron chi connectivity index (χ1n) is 11.0. The lowest BCUT2D eigenvalue weighted by Crippen LogP contribution is -2.49. The molecule has 0 spiro atoms. The third-order valence-corrected chi connectivity index (χ3v) is 6.60. The Morgan fingerprint density at radius 1 is 1.07 bits per heavy atom. The Balaban J connectivity index is 1.56. The molecule has 1 fully saturated rings. The standard InChI is InChI=1S/C24H33N5O/c1-5-27-11-13-28(14-12-27)17-24(30)29-23(22-7-6-10-26(22)4)16-21(25-29)20-9-8-18(2)19(3)15-20/h6-10,15,23H,5,11-14,16-17H2,1-4H3. The van der Waals surface area contributed by atoms with E-state index in [1.165, 1.54) is 11.1 Å². The van der Waals surface area contributed by atoms with E-state index in [0.717, 1.165) is 56.1 Å². The van der Waals surface area contributed by atoms with Crippen LogP contribution in [0.4, 0.5) is 0 Å². The smallest absolute Gasteiger partial charge is 0.257 e. The average molecular weight is 408 g/mol. The fraction of sp³-hybridized carbons (Fsp3) is 0.500. The second-order valence-corrected chi connectivity index (χ2v) is 8.56. The summed E-state index contributed by atoms with van der Waals surface area (Å²) >= 11 is 0. The summed E-state index contributed by atoms with van der Waals surface area (Å²) in [5.74, 6) is 0.0879. The molecule has 1 aromatic heterocycles. The third-order valence-electron chi connectivity index (χ3n) is 6.60. The van der Waals surface area contributed by atoms with E-state index in [9.17, 15) is 4.79 Å². The van der Waals surface area contributed by atoms with Crippen LogP contribution in [0.3, 0.4) is 0 Å². The molecule has 1 unspecified atom stereocenters. The molecule has 2 aliphatic rings. The predicted molar refractivity (Wildman–Crippen MR) is 121 cm³/mol. The van der Waals surface area contributed by atoms with E-state index < -0.39 is 0 Å². The Kier molecular flexibility index (Phi) is 6.06. The van der Waals surface area contributed by atoms with Crippen molar-refractivity contribution in [3.8, 4) is 0 Å². The van der Waals surface area contributed by atoms with Crippen LogP contribution in [0.1, 0.15) is 41.8 Å². The van der Waals surface area contributed by atoms with Gasteiger partial charge in [-0.1, -0.05) is 19.1 Å². The fourth-order valence-corrected chi connectivity index (χ4v) is 4.41. The SMILES string of the molecule is CCN1CCN(CC(=O)N2N=C(c3ccc(C)c(C)c3)CC2c2cccn2C)CC1. The van der Waals surface area contributed by atoms with Crippen LogP contribution in [-0.4, -0.2) is 70.3 Å². The van der Waals surface area contributed by atoms with Gasteiger partial charge in [0.05, 0.1) is 12.3 Å². The predicted octanol–water partition coefficient (Wildman–Crippen LogP) is 2.96. The molecule has 30 heavy (non-hydrogen) atoms. The zero-order valence-electron chi connectivity index (χ0n) is 18.6. The van der Waals surface area contributed by atoms with E-state index in [-0.39, 0.29) is 11.9 Å². The zero-order valence-corrected chi connectivity index (χ0v) is 18.6. The number of piperazine rings is 1. The Hall–Kier alpha value is -2.44. The number of aromatic nitrogens is 1. The fourth-order valence-electron chi connectivity index (χ4n) is 4.41. The van der Waals surface area contributed by atoms with Crippen LogP contribution in [0.2, 0.25) is 0 Å². The summed E-state index contributed by atoms with van der Waals surface area (Å²) in [4.78, 5) is 18.0. The van der Waals surface area contributed by atoms with Crippen LogP contribution < -0.4 is 0 Å². The minimum absolute atomic E-state index is 0.0500. The molecule has 0 aliphatic carbocycles. The van der Waals surface area contributed by atoms with Gasteiger partial charge in [-0.3, -0.25) is 9.69 Å². The molecule has 2 aliphatic heterocycles. The molecule has 6 heteroatoms. The lowest BCUT2D eigenvalue weighted by molar-refractivity contribution is -0.134. The van der Waals surface area contributed by atoms with Gasteiger partial charge in [0, 0.05) is 51.5 Å². The van der Waals surface area contributed by atoms with Gasteiger partial charge in [0.1, 0.15) is 6.04 Å². The van der Waals surface area contributed by atoms with Crippen molar-refractivity contribution in [1.82, 2.24) is 19.4 Å². The van der Waals surface area contributed by atoms with Gasteiger partial charge >= 0.3 is 0 Å². The summed E-state index contributed by atoms with van der Waals surface area (Å²) in [5, 5.41) is 6.60. The Bertz CT molecular complexity index is 939. The van der Waals surface area contributed by atoms with Gasteiger partial charge in [-0.05, 0) is 55.3 Å². The lowest BCUT2D eigenvalue weighted by atomic mass is 9.98. The normalized spacial score (nSPS) is 20.6. The summed E-state index contributed by atoms with van der Waals surface area (Å²) in [6.45, 7) is 11.9. The first-order chi connectivity index (χ1) is 14.5. The highest BCUT2D eigenvalue weighted by Crippen LogP contribution is 2.33. The second-order valence-electron chi connectivity index (χ2n) is 8.56. The molecule has 3 heterocycles. The van der Waals surface area contributed by atoms with Gasteiger partial charge in [0.15, 0.2) is 0 Å². The van der Waals surface area contributed by atoms with Gasteiger partial charge in [-0.15, -0.1) is 0 Å². The van der Waals surface area contributed by atoms with Crippen molar-refractivity contribution in [2.45, 2.75) is 33.2 Å². The Labute approximate surface area is 179 Å². The van der Waals surface area contributed by atoms with Gasteiger partial charge < -0.3 is 9.47 Å². The average Bonchev–Trinajstić information content (AvgIpc) is 3.36. The quantitative estimate of drug-likeness (QED) is 0.765. The molecule has 6 nitrogen and oxygen atoms in total. The number of likely N-dealkylation sites (N-methyl/N-ethyl adjacent to an activating group) is 1. The maximum Gasteiger partial charge on any atom is 0.257 e. The monoisotopic (exact) mass is 407 g/mol. The van der Waals surface area contributed by atoms with Crippen molar-refractivity contribution in [2.24, 2.45) is 12.1 Å². The number of hydrogen-bond donors (Lipinski definition) is 0. The maximum absolute atomic E-state index is 13.3. The van der Waals surface area contributed by atoms with E-state index in [2.05, 4.69) is 59.4 Å². The number of nitrogens with zero attached hydrogens (tertiary/aromatic N) is 5. The summed E-state index contributed by atoms with van der Waals surface area (Å²) in [6, 6.07) is 10.5. The third kappa shape index (κ3) is 4.20. The molecule has 0 N–H and O–H groups in total. The van der Waals surface area contributed by atoms with Crippen LogP contribution in [0.5, 0.6) is 0 Å². The molecule has 1 saturated heterocycles. The Morgan fingerprint density at radius 3 is 2.43 bits per heavy atom. The number of carbonyl (C=O) groups excluding carboxylic acids is 1. The van der Waals surface area contributed by atoms with Crippen LogP contribution in [-0.2, 0) is 11.8 Å². The van der Waals surface area contributed by atoms with Crippen molar-refractivity contribution in [2.75, 3.05) is 39.3 Å². The van der Waals surface area contributed by atoms with Gasteiger partial charge in [0.2, 0.25) is 0 Å². The highest BCUT2D eigenvalue weighted by atomic mass is 16.2. The highest BCUT2D eigenvalue weighted by Gasteiger charge is 2.35. The minimum atomic E-state index is -0.0500. The van der Waals surface area contributed by atoms with Crippen molar-refractivity contribution in [3.05, 3.63) is 58.9 Å². The summed E-state index contributed by atoms with van der Waals surface area (Å²) in [6.07, 6.45) is 2.78. The molecular formula is C24H33N5O. The van der Waals surface area contributed by atoms with Crippen molar-refractivity contribution in [3.63, 3.8) is 0 Å². The molecule has 0 radical (unpaired) electrons. The maximum atomic E-state index is 13.3. The van der Waals surface area contributed by atoms with Gasteiger partial charge in [-0.25, -0.2) is 5.01 Å². The van der Waals surface area contributed by atoms with E-state index in [1.54, 1.807) is 5.01 Å². The van der Waals surface area contributed by atoms with Crippen molar-refractivity contribution < 1.29 is 4.79 Å². The summed E-state index contributed by atoms with van der Waals surface area (Å²) < 4.78 is 2.10. The van der Waals surface area contributed by atoms with E-state index in [1.807, 2.05) is 19.3 Å². The van der Waals surface area contributed by atoms with Gasteiger partial charge in [-0.2, -0.15) is 5.10 Å². The largest absolute Gasteiger partial charge is 0.353 e. The van der Waals surface area contributed by atoms with Crippen LogP contribution in [0.15, 0.2) is 41.6 Å². The number of benzene rings is 1. The number of rotatable bonds is 5. The molecule has 2 aromatic rings. The van der Waals surface area contributed by atoms with E-state index in [0.29, 0.717) is 6.54 Å². The number of aryl methyl sites for hydroxylation is 3. The number of hydrazone groups is 1. The molecule has 1 atom stereocenters. The molecule has 0 bridgehead atoms. The minimum Gasteiger partial charge on any atom is -0.353 e. The van der Waals surface area contributed by atoms with Crippen molar-refractivity contribution in [1.29, 1.82) is 0 Å². The second kappa shape index (κ2) is 8.74.